The predicted octanol–water partition coefficient (Wildman–Crippen LogP) is 0.855. The molecule has 10 nitrogen and oxygen atoms in total. The van der Waals surface area contributed by atoms with E-state index in [1.165, 1.54) is 11.0 Å². The molecular formula is C17H19N7O3. The number of hydrogen-bond acceptors (Lipinski definition) is 6. The normalized spacial score (nSPS) is 18.1. The molecule has 0 atom stereocenters. The van der Waals surface area contributed by atoms with Crippen LogP contribution < -0.4 is 10.6 Å². The molecule has 2 N–H and O–H groups in total. The SMILES string of the molecule is O=C(CCN1C(=O)NC2(CCCC2)C1=O)Nc1cccc(-n2cnnn2)c1. The van der Waals surface area contributed by atoms with E-state index in [1.807, 2.05) is 0 Å². The molecule has 1 aromatic carbocycles. The first-order valence-electron chi connectivity index (χ1n) is 8.85. The maximum Gasteiger partial charge on any atom is 0.325 e. The fourth-order valence-corrected chi connectivity index (χ4v) is 3.64. The molecule has 0 unspecified atom stereocenters. The average Bonchev–Trinajstić information content (AvgIpc) is 3.38. The summed E-state index contributed by atoms with van der Waals surface area (Å²) in [5.41, 5.74) is 0.542. The fourth-order valence-electron chi connectivity index (χ4n) is 3.64. The van der Waals surface area contributed by atoms with Gasteiger partial charge in [0.25, 0.3) is 5.91 Å². The van der Waals surface area contributed by atoms with Gasteiger partial charge in [0.05, 0.1) is 5.69 Å². The molecule has 10 heteroatoms. The summed E-state index contributed by atoms with van der Waals surface area (Å²) in [7, 11) is 0. The minimum Gasteiger partial charge on any atom is -0.326 e. The van der Waals surface area contributed by atoms with Crippen molar-refractivity contribution in [2.24, 2.45) is 0 Å². The monoisotopic (exact) mass is 369 g/mol. The molecule has 1 aliphatic heterocycles. The Balaban J connectivity index is 1.36. The second-order valence-electron chi connectivity index (χ2n) is 6.78. The summed E-state index contributed by atoms with van der Waals surface area (Å²) in [6.07, 6.45) is 4.69. The third kappa shape index (κ3) is 3.25. The highest BCUT2D eigenvalue weighted by Gasteiger charge is 2.52. The van der Waals surface area contributed by atoms with Crippen LogP contribution in [-0.2, 0) is 9.59 Å². The molecule has 27 heavy (non-hydrogen) atoms. The van der Waals surface area contributed by atoms with E-state index in [2.05, 4.69) is 26.2 Å². The molecule has 1 spiro atoms. The van der Waals surface area contributed by atoms with Crippen molar-refractivity contribution in [2.45, 2.75) is 37.6 Å². The fraction of sp³-hybridized carbons (Fsp3) is 0.412. The van der Waals surface area contributed by atoms with Crippen LogP contribution in [0.4, 0.5) is 10.5 Å². The van der Waals surface area contributed by atoms with Crippen LogP contribution >= 0.6 is 0 Å². The number of rotatable bonds is 5. The third-order valence-corrected chi connectivity index (χ3v) is 5.01. The summed E-state index contributed by atoms with van der Waals surface area (Å²) >= 11 is 0. The number of nitrogens with one attached hydrogen (secondary N) is 2. The Hall–Kier alpha value is -3.30. The average molecular weight is 369 g/mol. The van der Waals surface area contributed by atoms with Crippen LogP contribution in [0, 0.1) is 0 Å². The number of anilines is 1. The van der Waals surface area contributed by atoms with Crippen LogP contribution in [0.25, 0.3) is 5.69 Å². The van der Waals surface area contributed by atoms with Crippen LogP contribution in [-0.4, -0.2) is 55.0 Å². The van der Waals surface area contributed by atoms with Gasteiger partial charge >= 0.3 is 6.03 Å². The zero-order valence-electron chi connectivity index (χ0n) is 14.6. The van der Waals surface area contributed by atoms with Crippen LogP contribution in [0.1, 0.15) is 32.1 Å². The van der Waals surface area contributed by atoms with Gasteiger partial charge in [-0.15, -0.1) is 5.10 Å². The number of carbonyl (C=O) groups excluding carboxylic acids is 3. The number of benzene rings is 1. The van der Waals surface area contributed by atoms with E-state index >= 15 is 0 Å². The van der Waals surface area contributed by atoms with Crippen molar-refractivity contribution in [3.05, 3.63) is 30.6 Å². The van der Waals surface area contributed by atoms with Crippen LogP contribution in [0.2, 0.25) is 0 Å². The Morgan fingerprint density at radius 1 is 1.26 bits per heavy atom. The first-order chi connectivity index (χ1) is 13.1. The molecule has 4 rings (SSSR count). The minimum absolute atomic E-state index is 0.0321. The summed E-state index contributed by atoms with van der Waals surface area (Å²) in [4.78, 5) is 38.1. The van der Waals surface area contributed by atoms with Gasteiger partial charge in [0.15, 0.2) is 0 Å². The van der Waals surface area contributed by atoms with E-state index in [-0.39, 0.29) is 24.8 Å². The Morgan fingerprint density at radius 3 is 2.81 bits per heavy atom. The molecule has 0 radical (unpaired) electrons. The zero-order chi connectivity index (χ0) is 18.9. The van der Waals surface area contributed by atoms with E-state index in [9.17, 15) is 14.4 Å². The summed E-state index contributed by atoms with van der Waals surface area (Å²) in [5, 5.41) is 16.5. The van der Waals surface area contributed by atoms with Crippen molar-refractivity contribution in [3.63, 3.8) is 0 Å². The Bertz CT molecular complexity index is 874. The van der Waals surface area contributed by atoms with Gasteiger partial charge in [0, 0.05) is 18.7 Å². The highest BCUT2D eigenvalue weighted by atomic mass is 16.2. The van der Waals surface area contributed by atoms with Crippen LogP contribution in [0.15, 0.2) is 30.6 Å². The van der Waals surface area contributed by atoms with Crippen molar-refractivity contribution in [2.75, 3.05) is 11.9 Å². The van der Waals surface area contributed by atoms with Gasteiger partial charge < -0.3 is 10.6 Å². The number of aromatic nitrogens is 4. The molecule has 2 heterocycles. The summed E-state index contributed by atoms with van der Waals surface area (Å²) < 4.78 is 1.48. The van der Waals surface area contributed by atoms with E-state index in [4.69, 9.17) is 0 Å². The van der Waals surface area contributed by atoms with Gasteiger partial charge in [0.1, 0.15) is 11.9 Å². The van der Waals surface area contributed by atoms with Gasteiger partial charge in [0.2, 0.25) is 5.91 Å². The topological polar surface area (TPSA) is 122 Å². The molecule has 4 amide bonds. The van der Waals surface area contributed by atoms with E-state index in [1.54, 1.807) is 24.3 Å². The maximum absolute atomic E-state index is 12.6. The number of amides is 4. The molecule has 1 saturated carbocycles. The Kier molecular flexibility index (Phi) is 4.30. The second-order valence-corrected chi connectivity index (χ2v) is 6.78. The third-order valence-electron chi connectivity index (χ3n) is 5.01. The molecule has 1 aromatic heterocycles. The number of urea groups is 1. The highest BCUT2D eigenvalue weighted by molar-refractivity contribution is 6.07. The van der Waals surface area contributed by atoms with Crippen molar-refractivity contribution in [1.29, 1.82) is 0 Å². The first-order valence-corrected chi connectivity index (χ1v) is 8.85. The molecule has 1 saturated heterocycles. The summed E-state index contributed by atoms with van der Waals surface area (Å²) in [6, 6.07) is 6.65. The van der Waals surface area contributed by atoms with E-state index < -0.39 is 11.6 Å². The molecule has 2 fully saturated rings. The largest absolute Gasteiger partial charge is 0.326 e. The molecule has 0 bridgehead atoms. The number of hydrogen-bond donors (Lipinski definition) is 2. The van der Waals surface area contributed by atoms with Gasteiger partial charge in [-0.1, -0.05) is 18.9 Å². The van der Waals surface area contributed by atoms with Crippen LogP contribution in [0.5, 0.6) is 0 Å². The number of carbonyl (C=O) groups is 3. The molecular weight excluding hydrogens is 350 g/mol. The summed E-state index contributed by atoms with van der Waals surface area (Å²) in [5.74, 6) is -0.490. The smallest absolute Gasteiger partial charge is 0.325 e. The summed E-state index contributed by atoms with van der Waals surface area (Å²) in [6.45, 7) is 0.0605. The standard InChI is InChI=1S/C17H19N7O3/c25-14(19-12-4-3-5-13(10-12)24-11-18-21-22-24)6-9-23-15(26)17(20-16(23)27)7-1-2-8-17/h3-5,10-11H,1-2,6-9H2,(H,19,25)(H,20,27). The second kappa shape index (κ2) is 6.78. The van der Waals surface area contributed by atoms with Crippen molar-refractivity contribution in [3.8, 4) is 5.69 Å². The molecule has 2 aliphatic rings. The van der Waals surface area contributed by atoms with E-state index in [0.29, 0.717) is 24.2 Å². The van der Waals surface area contributed by atoms with Gasteiger partial charge in [-0.05, 0) is 41.5 Å². The van der Waals surface area contributed by atoms with Gasteiger partial charge in [-0.2, -0.15) is 0 Å². The lowest BCUT2D eigenvalue weighted by Gasteiger charge is -2.19. The zero-order valence-corrected chi connectivity index (χ0v) is 14.6. The molecule has 1 aliphatic carbocycles. The lowest BCUT2D eigenvalue weighted by molar-refractivity contribution is -0.131. The molecule has 140 valence electrons. The lowest BCUT2D eigenvalue weighted by Crippen LogP contribution is -2.44. The quantitative estimate of drug-likeness (QED) is 0.754. The van der Waals surface area contributed by atoms with Gasteiger partial charge in [-0.3, -0.25) is 14.5 Å². The maximum atomic E-state index is 12.6. The molecule has 2 aromatic rings. The number of nitrogens with zero attached hydrogens (tertiary/aromatic N) is 5. The van der Waals surface area contributed by atoms with Crippen molar-refractivity contribution >= 4 is 23.5 Å². The van der Waals surface area contributed by atoms with Crippen molar-refractivity contribution < 1.29 is 14.4 Å². The lowest BCUT2D eigenvalue weighted by atomic mass is 9.98. The van der Waals surface area contributed by atoms with Crippen molar-refractivity contribution in [1.82, 2.24) is 30.4 Å². The highest BCUT2D eigenvalue weighted by Crippen LogP contribution is 2.35. The number of imide groups is 1. The van der Waals surface area contributed by atoms with Gasteiger partial charge in [-0.25, -0.2) is 9.48 Å². The Morgan fingerprint density at radius 2 is 2.07 bits per heavy atom. The van der Waals surface area contributed by atoms with E-state index in [0.717, 1.165) is 17.7 Å². The minimum atomic E-state index is -0.742. The first kappa shape index (κ1) is 17.1. The predicted molar refractivity (Wildman–Crippen MR) is 93.8 cm³/mol. The van der Waals surface area contributed by atoms with Crippen LogP contribution in [0.3, 0.4) is 0 Å². The Labute approximate surface area is 154 Å². The number of tetrazole rings is 1.